The van der Waals surface area contributed by atoms with Crippen molar-refractivity contribution >= 4 is 22.2 Å². The van der Waals surface area contributed by atoms with Crippen LogP contribution < -0.4 is 5.73 Å². The fraction of sp³-hybridized carbons (Fsp3) is 0.250. The number of pyridine rings is 1. The second-order valence-corrected chi connectivity index (χ2v) is 3.31. The number of hydrogen-bond acceptors (Lipinski definition) is 3. The van der Waals surface area contributed by atoms with Gasteiger partial charge in [0.05, 0.1) is 4.47 Å². The molecule has 0 saturated carbocycles. The molecule has 0 atom stereocenters. The summed E-state index contributed by atoms with van der Waals surface area (Å²) in [5, 5.41) is 0. The summed E-state index contributed by atoms with van der Waals surface area (Å²) in [4.78, 5) is 14.1. The second kappa shape index (κ2) is 4.56. The molecule has 0 bridgehead atoms. The van der Waals surface area contributed by atoms with E-state index in [1.807, 2.05) is 0 Å². The van der Waals surface area contributed by atoms with E-state index in [9.17, 15) is 13.6 Å². The summed E-state index contributed by atoms with van der Waals surface area (Å²) >= 11 is 2.90. The van der Waals surface area contributed by atoms with Gasteiger partial charge in [-0.05, 0) is 21.5 Å². The predicted molar refractivity (Wildman–Crippen MR) is 50.2 cm³/mol. The van der Waals surface area contributed by atoms with E-state index in [1.165, 1.54) is 6.20 Å². The van der Waals surface area contributed by atoms with Crippen molar-refractivity contribution < 1.29 is 13.6 Å². The van der Waals surface area contributed by atoms with Gasteiger partial charge < -0.3 is 5.73 Å². The SMILES string of the molecule is NCc1cnc(C(F)F)c(Br)c1C=O. The van der Waals surface area contributed by atoms with Crippen LogP contribution in [-0.2, 0) is 6.54 Å². The van der Waals surface area contributed by atoms with E-state index in [0.29, 0.717) is 11.8 Å². The van der Waals surface area contributed by atoms with Crippen LogP contribution in [0.5, 0.6) is 0 Å². The molecule has 0 fully saturated rings. The molecular weight excluding hydrogens is 258 g/mol. The van der Waals surface area contributed by atoms with Crippen LogP contribution in [0.15, 0.2) is 10.7 Å². The summed E-state index contributed by atoms with van der Waals surface area (Å²) in [5.41, 5.74) is 5.45. The molecule has 1 rings (SSSR count). The van der Waals surface area contributed by atoms with Crippen molar-refractivity contribution in [3.05, 3.63) is 27.5 Å². The zero-order valence-electron chi connectivity index (χ0n) is 7.01. The van der Waals surface area contributed by atoms with Crippen molar-refractivity contribution in [1.82, 2.24) is 4.98 Å². The Bertz CT molecular complexity index is 357. The van der Waals surface area contributed by atoms with Gasteiger partial charge in [-0.25, -0.2) is 8.78 Å². The number of aldehydes is 1. The Kier molecular flexibility index (Phi) is 3.65. The number of alkyl halides is 2. The quantitative estimate of drug-likeness (QED) is 0.851. The third kappa shape index (κ3) is 1.96. The van der Waals surface area contributed by atoms with Crippen molar-refractivity contribution in [3.63, 3.8) is 0 Å². The molecule has 14 heavy (non-hydrogen) atoms. The summed E-state index contributed by atoms with van der Waals surface area (Å²) < 4.78 is 24.7. The van der Waals surface area contributed by atoms with Gasteiger partial charge in [-0.3, -0.25) is 9.78 Å². The largest absolute Gasteiger partial charge is 0.326 e. The minimum Gasteiger partial charge on any atom is -0.326 e. The lowest BCUT2D eigenvalue weighted by Gasteiger charge is -2.07. The first-order chi connectivity index (χ1) is 6.61. The van der Waals surface area contributed by atoms with E-state index >= 15 is 0 Å². The molecule has 1 aromatic rings. The molecule has 0 saturated heterocycles. The Hall–Kier alpha value is -0.880. The standard InChI is InChI=1S/C8H7BrF2N2O/c9-6-5(3-14)4(1-12)2-13-7(6)8(10)11/h2-3,8H,1,12H2. The number of aromatic nitrogens is 1. The molecule has 6 heteroatoms. The fourth-order valence-electron chi connectivity index (χ4n) is 0.995. The Labute approximate surface area is 87.4 Å². The van der Waals surface area contributed by atoms with E-state index in [1.54, 1.807) is 0 Å². The molecule has 0 radical (unpaired) electrons. The highest BCUT2D eigenvalue weighted by Gasteiger charge is 2.18. The molecule has 1 heterocycles. The summed E-state index contributed by atoms with van der Waals surface area (Å²) in [5.74, 6) is 0. The van der Waals surface area contributed by atoms with Gasteiger partial charge in [-0.1, -0.05) is 0 Å². The maximum absolute atomic E-state index is 12.3. The van der Waals surface area contributed by atoms with Crippen LogP contribution >= 0.6 is 15.9 Å². The van der Waals surface area contributed by atoms with Crippen LogP contribution in [0.3, 0.4) is 0 Å². The van der Waals surface area contributed by atoms with Crippen molar-refractivity contribution in [2.75, 3.05) is 0 Å². The first-order valence-corrected chi connectivity index (χ1v) is 4.51. The Morgan fingerprint density at radius 1 is 1.64 bits per heavy atom. The molecule has 3 nitrogen and oxygen atoms in total. The number of carbonyl (C=O) groups is 1. The van der Waals surface area contributed by atoms with Crippen molar-refractivity contribution in [1.29, 1.82) is 0 Å². The molecular formula is C8H7BrF2N2O. The van der Waals surface area contributed by atoms with Gasteiger partial charge in [-0.2, -0.15) is 0 Å². The number of halogens is 3. The summed E-state index contributed by atoms with van der Waals surface area (Å²) in [7, 11) is 0. The van der Waals surface area contributed by atoms with Gasteiger partial charge in [0, 0.05) is 18.3 Å². The van der Waals surface area contributed by atoms with Gasteiger partial charge in [0.25, 0.3) is 6.43 Å². The lowest BCUT2D eigenvalue weighted by molar-refractivity contribution is 0.112. The minimum absolute atomic E-state index is 0.0189. The van der Waals surface area contributed by atoms with Crippen LogP contribution in [0.1, 0.15) is 28.0 Å². The normalized spacial score (nSPS) is 10.6. The molecule has 0 spiro atoms. The number of nitrogens with zero attached hydrogens (tertiary/aromatic N) is 1. The Morgan fingerprint density at radius 2 is 2.29 bits per heavy atom. The summed E-state index contributed by atoms with van der Waals surface area (Å²) in [6.45, 7) is 0.0865. The van der Waals surface area contributed by atoms with Crippen molar-refractivity contribution in [3.8, 4) is 0 Å². The van der Waals surface area contributed by atoms with E-state index in [0.717, 1.165) is 0 Å². The van der Waals surface area contributed by atoms with Crippen LogP contribution in [-0.4, -0.2) is 11.3 Å². The monoisotopic (exact) mass is 264 g/mol. The highest BCUT2D eigenvalue weighted by molar-refractivity contribution is 9.10. The summed E-state index contributed by atoms with van der Waals surface area (Å²) in [6.07, 6.45) is -1.04. The van der Waals surface area contributed by atoms with Gasteiger partial charge in [0.15, 0.2) is 6.29 Å². The smallest absolute Gasteiger partial charge is 0.281 e. The number of nitrogens with two attached hydrogens (primary N) is 1. The zero-order valence-corrected chi connectivity index (χ0v) is 8.59. The fourth-order valence-corrected chi connectivity index (χ4v) is 1.62. The molecule has 76 valence electrons. The van der Waals surface area contributed by atoms with Crippen LogP contribution in [0.2, 0.25) is 0 Å². The third-order valence-corrected chi connectivity index (χ3v) is 2.54. The van der Waals surface area contributed by atoms with E-state index < -0.39 is 12.1 Å². The topological polar surface area (TPSA) is 56.0 Å². The van der Waals surface area contributed by atoms with E-state index in [2.05, 4.69) is 20.9 Å². The van der Waals surface area contributed by atoms with Crippen LogP contribution in [0, 0.1) is 0 Å². The van der Waals surface area contributed by atoms with Gasteiger partial charge in [-0.15, -0.1) is 0 Å². The first-order valence-electron chi connectivity index (χ1n) is 3.72. The lowest BCUT2D eigenvalue weighted by atomic mass is 10.1. The average molecular weight is 265 g/mol. The zero-order chi connectivity index (χ0) is 10.7. The first kappa shape index (κ1) is 11.2. The van der Waals surface area contributed by atoms with E-state index in [4.69, 9.17) is 5.73 Å². The molecule has 0 amide bonds. The van der Waals surface area contributed by atoms with Crippen molar-refractivity contribution in [2.24, 2.45) is 5.73 Å². The van der Waals surface area contributed by atoms with E-state index in [-0.39, 0.29) is 16.6 Å². The second-order valence-electron chi connectivity index (χ2n) is 2.52. The maximum Gasteiger partial charge on any atom is 0.281 e. The molecule has 0 aliphatic heterocycles. The predicted octanol–water partition coefficient (Wildman–Crippen LogP) is 2.05. The molecule has 0 aliphatic rings. The summed E-state index contributed by atoms with van der Waals surface area (Å²) in [6, 6.07) is 0. The Balaban J connectivity index is 3.34. The minimum atomic E-state index is -2.71. The average Bonchev–Trinajstić information content (AvgIpc) is 2.16. The van der Waals surface area contributed by atoms with Gasteiger partial charge in [0.1, 0.15) is 5.69 Å². The van der Waals surface area contributed by atoms with Gasteiger partial charge in [0.2, 0.25) is 0 Å². The molecule has 1 aromatic heterocycles. The molecule has 0 aromatic carbocycles. The highest BCUT2D eigenvalue weighted by atomic mass is 79.9. The molecule has 2 N–H and O–H groups in total. The van der Waals surface area contributed by atoms with Crippen LogP contribution in [0.25, 0.3) is 0 Å². The molecule has 0 unspecified atom stereocenters. The van der Waals surface area contributed by atoms with Gasteiger partial charge >= 0.3 is 0 Å². The lowest BCUT2D eigenvalue weighted by Crippen LogP contribution is -2.05. The number of carbonyl (C=O) groups excluding carboxylic acids is 1. The Morgan fingerprint density at radius 3 is 2.71 bits per heavy atom. The maximum atomic E-state index is 12.3. The third-order valence-electron chi connectivity index (χ3n) is 1.71. The highest BCUT2D eigenvalue weighted by Crippen LogP contribution is 2.28. The number of rotatable bonds is 3. The van der Waals surface area contributed by atoms with Crippen LogP contribution in [0.4, 0.5) is 8.78 Å². The molecule has 0 aliphatic carbocycles. The van der Waals surface area contributed by atoms with Crippen molar-refractivity contribution in [2.45, 2.75) is 13.0 Å². The number of hydrogen-bond donors (Lipinski definition) is 1.